The molecule has 0 unspecified atom stereocenters. The Morgan fingerprint density at radius 2 is 1.67 bits per heavy atom. The van der Waals surface area contributed by atoms with Gasteiger partial charge >= 0.3 is 0 Å². The van der Waals surface area contributed by atoms with Crippen LogP contribution in [0.4, 0.5) is 29.1 Å². The summed E-state index contributed by atoms with van der Waals surface area (Å²) in [5, 5.41) is 2.15. The molecule has 2 N–H and O–H groups in total. The van der Waals surface area contributed by atoms with Crippen molar-refractivity contribution >= 4 is 28.2 Å². The zero-order valence-corrected chi connectivity index (χ0v) is 14.3. The second-order valence-electron chi connectivity index (χ2n) is 6.28. The Kier molecular flexibility index (Phi) is 4.73. The smallest absolute Gasteiger partial charge is 0.202 e. The quantitative estimate of drug-likeness (QED) is 0.512. The number of halogens is 4. The van der Waals surface area contributed by atoms with Gasteiger partial charge in [0.2, 0.25) is 5.43 Å². The number of Topliss-reactive ketones (excluding diaryl/α,β-unsaturated/α-hetero) is 1. The summed E-state index contributed by atoms with van der Waals surface area (Å²) in [6.45, 7) is 3.08. The van der Waals surface area contributed by atoms with Crippen molar-refractivity contribution in [2.75, 3.05) is 5.32 Å². The molecule has 1 heterocycles. The topological polar surface area (TPSA) is 62.0 Å². The molecule has 0 fully saturated rings. The van der Waals surface area contributed by atoms with Gasteiger partial charge < -0.3 is 10.3 Å². The molecule has 3 rings (SSSR count). The highest BCUT2D eigenvalue weighted by atomic mass is 19.1. The summed E-state index contributed by atoms with van der Waals surface area (Å²) >= 11 is 0. The van der Waals surface area contributed by atoms with Crippen LogP contribution in [0.2, 0.25) is 0 Å². The van der Waals surface area contributed by atoms with Crippen LogP contribution in [0.25, 0.3) is 10.9 Å². The SMILES string of the molecule is CC(C)C(=O)c1c(Nc2ccc(F)cc2F)[nH]c2c(F)cc(F)cc2c1=O. The minimum atomic E-state index is -1.05. The van der Waals surface area contributed by atoms with Gasteiger partial charge in [0.1, 0.15) is 34.7 Å². The van der Waals surface area contributed by atoms with E-state index in [0.717, 1.165) is 18.2 Å². The zero-order chi connectivity index (χ0) is 19.9. The van der Waals surface area contributed by atoms with E-state index in [1.54, 1.807) is 13.8 Å². The highest BCUT2D eigenvalue weighted by Crippen LogP contribution is 2.26. The van der Waals surface area contributed by atoms with Crippen LogP contribution >= 0.6 is 0 Å². The number of rotatable bonds is 4. The molecule has 0 amide bonds. The van der Waals surface area contributed by atoms with E-state index in [4.69, 9.17) is 0 Å². The third kappa shape index (κ3) is 3.42. The van der Waals surface area contributed by atoms with Crippen molar-refractivity contribution in [3.63, 3.8) is 0 Å². The van der Waals surface area contributed by atoms with E-state index < -0.39 is 46.0 Å². The summed E-state index contributed by atoms with van der Waals surface area (Å²) < 4.78 is 54.7. The van der Waals surface area contributed by atoms with Crippen LogP contribution in [0, 0.1) is 29.2 Å². The maximum Gasteiger partial charge on any atom is 0.202 e. The minimum Gasteiger partial charge on any atom is -0.339 e. The number of anilines is 2. The molecule has 0 saturated heterocycles. The molecule has 0 atom stereocenters. The van der Waals surface area contributed by atoms with Crippen LogP contribution in [0.15, 0.2) is 35.1 Å². The van der Waals surface area contributed by atoms with Crippen LogP contribution in [-0.2, 0) is 0 Å². The number of carbonyl (C=O) groups is 1. The van der Waals surface area contributed by atoms with Crippen molar-refractivity contribution < 1.29 is 22.4 Å². The number of pyridine rings is 1. The Morgan fingerprint density at radius 3 is 2.30 bits per heavy atom. The van der Waals surface area contributed by atoms with Gasteiger partial charge in [0.05, 0.1) is 16.6 Å². The van der Waals surface area contributed by atoms with Crippen molar-refractivity contribution in [3.05, 3.63) is 69.4 Å². The van der Waals surface area contributed by atoms with E-state index in [1.807, 2.05) is 0 Å². The lowest BCUT2D eigenvalue weighted by molar-refractivity contribution is 0.0939. The number of ketones is 1. The van der Waals surface area contributed by atoms with E-state index in [9.17, 15) is 27.2 Å². The van der Waals surface area contributed by atoms with Gasteiger partial charge in [0, 0.05) is 18.1 Å². The Bertz CT molecular complexity index is 1120. The number of aromatic amines is 1. The number of carbonyl (C=O) groups excluding carboxylic acids is 1. The second-order valence-corrected chi connectivity index (χ2v) is 6.28. The molecule has 0 spiro atoms. The monoisotopic (exact) mass is 378 g/mol. The van der Waals surface area contributed by atoms with Crippen molar-refractivity contribution in [1.82, 2.24) is 4.98 Å². The van der Waals surface area contributed by atoms with Crippen molar-refractivity contribution in [3.8, 4) is 0 Å². The third-order valence-corrected chi connectivity index (χ3v) is 3.99. The van der Waals surface area contributed by atoms with Crippen LogP contribution in [0.3, 0.4) is 0 Å². The molecule has 27 heavy (non-hydrogen) atoms. The number of benzene rings is 2. The van der Waals surface area contributed by atoms with E-state index in [0.29, 0.717) is 12.1 Å². The second kappa shape index (κ2) is 6.86. The number of hydrogen-bond acceptors (Lipinski definition) is 3. The van der Waals surface area contributed by atoms with Gasteiger partial charge in [-0.2, -0.15) is 0 Å². The number of hydrogen-bond donors (Lipinski definition) is 2. The predicted octanol–water partition coefficient (Wildman–Crippen LogP) is 4.67. The fraction of sp³-hybridized carbons (Fsp3) is 0.158. The van der Waals surface area contributed by atoms with E-state index in [2.05, 4.69) is 10.3 Å². The largest absolute Gasteiger partial charge is 0.339 e. The number of H-pyrrole nitrogens is 1. The van der Waals surface area contributed by atoms with Gasteiger partial charge in [-0.05, 0) is 18.2 Å². The summed E-state index contributed by atoms with van der Waals surface area (Å²) in [4.78, 5) is 27.8. The molecule has 4 nitrogen and oxygen atoms in total. The lowest BCUT2D eigenvalue weighted by atomic mass is 9.99. The Morgan fingerprint density at radius 1 is 1.00 bits per heavy atom. The van der Waals surface area contributed by atoms with E-state index in [-0.39, 0.29) is 22.4 Å². The molecule has 140 valence electrons. The van der Waals surface area contributed by atoms with Gasteiger partial charge in [-0.25, -0.2) is 17.6 Å². The lowest BCUT2D eigenvalue weighted by Crippen LogP contribution is -2.23. The first-order chi connectivity index (χ1) is 12.7. The number of fused-ring (bicyclic) bond motifs is 1. The molecule has 0 aliphatic carbocycles. The predicted molar refractivity (Wildman–Crippen MR) is 93.3 cm³/mol. The zero-order valence-electron chi connectivity index (χ0n) is 14.3. The first-order valence-electron chi connectivity index (χ1n) is 8.00. The molecule has 0 aliphatic rings. The van der Waals surface area contributed by atoms with Gasteiger partial charge in [-0.3, -0.25) is 9.59 Å². The van der Waals surface area contributed by atoms with Crippen LogP contribution in [0.5, 0.6) is 0 Å². The maximum absolute atomic E-state index is 14.1. The highest BCUT2D eigenvalue weighted by molar-refractivity contribution is 6.05. The van der Waals surface area contributed by atoms with Gasteiger partial charge in [0.25, 0.3) is 0 Å². The number of aromatic nitrogens is 1. The number of nitrogens with one attached hydrogen (secondary N) is 2. The van der Waals surface area contributed by atoms with Crippen molar-refractivity contribution in [2.45, 2.75) is 13.8 Å². The highest BCUT2D eigenvalue weighted by Gasteiger charge is 2.23. The molecule has 0 aliphatic heterocycles. The van der Waals surface area contributed by atoms with Crippen molar-refractivity contribution in [1.29, 1.82) is 0 Å². The Labute approximate surface area is 150 Å². The van der Waals surface area contributed by atoms with E-state index >= 15 is 0 Å². The molecule has 8 heteroatoms. The first-order valence-corrected chi connectivity index (χ1v) is 8.00. The third-order valence-electron chi connectivity index (χ3n) is 3.99. The van der Waals surface area contributed by atoms with Crippen molar-refractivity contribution in [2.24, 2.45) is 5.92 Å². The van der Waals surface area contributed by atoms with Crippen LogP contribution in [0.1, 0.15) is 24.2 Å². The standard InChI is InChI=1S/C19H14F4N2O2/c1-8(2)17(26)15-18(27)11-5-10(21)7-13(23)16(11)25-19(15)24-14-4-3-9(20)6-12(14)22/h3-8H,1-2H3,(H2,24,25,27). The van der Waals surface area contributed by atoms with Gasteiger partial charge in [-0.1, -0.05) is 13.8 Å². The molecular weight excluding hydrogens is 364 g/mol. The fourth-order valence-corrected chi connectivity index (χ4v) is 2.66. The summed E-state index contributed by atoms with van der Waals surface area (Å²) in [6.07, 6.45) is 0. The molecule has 0 saturated carbocycles. The summed E-state index contributed by atoms with van der Waals surface area (Å²) in [7, 11) is 0. The average Bonchev–Trinajstić information content (AvgIpc) is 2.58. The van der Waals surface area contributed by atoms with E-state index in [1.165, 1.54) is 0 Å². The minimum absolute atomic E-state index is 0.230. The molecule has 0 radical (unpaired) electrons. The molecular formula is C19H14F4N2O2. The summed E-state index contributed by atoms with van der Waals surface area (Å²) in [6, 6.07) is 4.05. The van der Waals surface area contributed by atoms with Crippen LogP contribution < -0.4 is 10.7 Å². The van der Waals surface area contributed by atoms with Gasteiger partial charge in [0.15, 0.2) is 5.78 Å². The van der Waals surface area contributed by atoms with Gasteiger partial charge in [-0.15, -0.1) is 0 Å². The normalized spacial score (nSPS) is 11.2. The Balaban J connectivity index is 2.30. The maximum atomic E-state index is 14.1. The summed E-state index contributed by atoms with van der Waals surface area (Å²) in [5.74, 6) is -5.29. The molecule has 1 aromatic heterocycles. The average molecular weight is 378 g/mol. The molecule has 2 aromatic carbocycles. The molecule has 0 bridgehead atoms. The first kappa shape index (κ1) is 18.6. The fourth-order valence-electron chi connectivity index (χ4n) is 2.66. The summed E-state index contributed by atoms with van der Waals surface area (Å²) in [5.41, 5.74) is -1.87. The molecule has 3 aromatic rings. The Hall–Kier alpha value is -3.16. The van der Waals surface area contributed by atoms with Crippen LogP contribution in [-0.4, -0.2) is 10.8 Å². The lowest BCUT2D eigenvalue weighted by Gasteiger charge is -2.15.